The Morgan fingerprint density at radius 1 is 1.27 bits per heavy atom. The van der Waals surface area contributed by atoms with Gasteiger partial charge in [-0.25, -0.2) is 4.39 Å². The molecule has 0 aliphatic carbocycles. The summed E-state index contributed by atoms with van der Waals surface area (Å²) in [6, 6.07) is 0.382. The third-order valence-electron chi connectivity index (χ3n) is 4.74. The summed E-state index contributed by atoms with van der Waals surface area (Å²) in [5.74, 6) is -4.02. The lowest BCUT2D eigenvalue weighted by molar-refractivity contribution is -0.142. The van der Waals surface area contributed by atoms with E-state index in [4.69, 9.17) is 16.7 Å². The molecule has 164 valence electrons. The van der Waals surface area contributed by atoms with Gasteiger partial charge in [0.15, 0.2) is 0 Å². The number of benzene rings is 1. The van der Waals surface area contributed by atoms with Gasteiger partial charge in [-0.2, -0.15) is 13.2 Å². The van der Waals surface area contributed by atoms with Crippen LogP contribution in [0.15, 0.2) is 18.2 Å². The normalized spacial score (nSPS) is 16.5. The van der Waals surface area contributed by atoms with Gasteiger partial charge in [0.1, 0.15) is 11.9 Å². The quantitative estimate of drug-likeness (QED) is 0.532. The average Bonchev–Trinajstić information content (AvgIpc) is 2.67. The number of carboxylic acid groups (broad SMARTS) is 1. The van der Waals surface area contributed by atoms with Gasteiger partial charge in [-0.05, 0) is 38.0 Å². The van der Waals surface area contributed by atoms with Gasteiger partial charge in [0.25, 0.3) is 0 Å². The van der Waals surface area contributed by atoms with E-state index >= 15 is 0 Å². The molecular weight excluding hydrogens is 432 g/mol. The van der Waals surface area contributed by atoms with Crippen LogP contribution in [0.25, 0.3) is 6.08 Å². The van der Waals surface area contributed by atoms with E-state index in [-0.39, 0.29) is 25.9 Å². The number of halogens is 5. The molecule has 1 saturated heterocycles. The Bertz CT molecular complexity index is 865. The molecule has 2 N–H and O–H groups in total. The maximum Gasteiger partial charge on any atom is 0.417 e. The number of piperidine rings is 1. The number of alkyl halides is 3. The maximum atomic E-state index is 14.1. The van der Waals surface area contributed by atoms with Gasteiger partial charge >= 0.3 is 12.1 Å². The fourth-order valence-corrected chi connectivity index (χ4v) is 3.16. The first-order valence-electron chi connectivity index (χ1n) is 8.97. The van der Waals surface area contributed by atoms with Crippen LogP contribution >= 0.6 is 11.6 Å². The molecule has 30 heavy (non-hydrogen) atoms. The van der Waals surface area contributed by atoms with E-state index in [0.717, 1.165) is 18.2 Å². The lowest BCUT2D eigenvalue weighted by Gasteiger charge is -2.31. The minimum atomic E-state index is -4.83. The SMILES string of the molecule is CC(NC(=O)C1CCN(C(=O)C=Cc2c(C(F)(F)F)ccc(Cl)c2F)CC1)C(=O)O. The Balaban J connectivity index is 2.04. The van der Waals surface area contributed by atoms with Crippen LogP contribution in [0.4, 0.5) is 17.6 Å². The number of carboxylic acids is 1. The molecule has 0 saturated carbocycles. The molecule has 0 spiro atoms. The van der Waals surface area contributed by atoms with Crippen LogP contribution in [0, 0.1) is 11.7 Å². The second-order valence-electron chi connectivity index (χ2n) is 6.82. The molecule has 1 aliphatic heterocycles. The van der Waals surface area contributed by atoms with Gasteiger partial charge in [0.2, 0.25) is 11.8 Å². The van der Waals surface area contributed by atoms with Crippen LogP contribution in [0.3, 0.4) is 0 Å². The summed E-state index contributed by atoms with van der Waals surface area (Å²) >= 11 is 5.55. The second-order valence-corrected chi connectivity index (χ2v) is 7.23. The van der Waals surface area contributed by atoms with Crippen LogP contribution < -0.4 is 5.32 Å². The number of nitrogens with zero attached hydrogens (tertiary/aromatic N) is 1. The molecule has 2 amide bonds. The number of carbonyl (C=O) groups is 3. The summed E-state index contributed by atoms with van der Waals surface area (Å²) in [7, 11) is 0. The lowest BCUT2D eigenvalue weighted by atomic mass is 9.95. The van der Waals surface area contributed by atoms with Crippen molar-refractivity contribution >= 4 is 35.5 Å². The highest BCUT2D eigenvalue weighted by molar-refractivity contribution is 6.30. The van der Waals surface area contributed by atoms with E-state index in [2.05, 4.69) is 5.32 Å². The number of carbonyl (C=O) groups excluding carboxylic acids is 2. The summed E-state index contributed by atoms with van der Waals surface area (Å²) in [5, 5.41) is 10.7. The number of nitrogens with one attached hydrogen (secondary N) is 1. The zero-order valence-corrected chi connectivity index (χ0v) is 16.6. The number of rotatable bonds is 5. The highest BCUT2D eigenvalue weighted by atomic mass is 35.5. The van der Waals surface area contributed by atoms with Crippen LogP contribution in [0.2, 0.25) is 5.02 Å². The Morgan fingerprint density at radius 2 is 1.87 bits per heavy atom. The van der Waals surface area contributed by atoms with Gasteiger partial charge in [0, 0.05) is 30.6 Å². The van der Waals surface area contributed by atoms with E-state index in [0.29, 0.717) is 6.07 Å². The Labute approximate surface area is 174 Å². The molecule has 1 aromatic carbocycles. The van der Waals surface area contributed by atoms with Gasteiger partial charge in [-0.1, -0.05) is 11.6 Å². The standard InChI is InChI=1S/C19H19ClF4N2O4/c1-10(18(29)30)25-17(28)11-6-8-26(9-7-11)15(27)5-2-12-13(19(22,23)24)3-4-14(20)16(12)21/h2-5,10-11H,6-9H2,1H3,(H,25,28)(H,29,30). The van der Waals surface area contributed by atoms with Crippen LogP contribution in [0.5, 0.6) is 0 Å². The Morgan fingerprint density at radius 3 is 2.40 bits per heavy atom. The van der Waals surface area contributed by atoms with Crippen molar-refractivity contribution in [1.82, 2.24) is 10.2 Å². The van der Waals surface area contributed by atoms with Gasteiger partial charge < -0.3 is 15.3 Å². The smallest absolute Gasteiger partial charge is 0.417 e. The predicted molar refractivity (Wildman–Crippen MR) is 100.0 cm³/mol. The molecule has 0 bridgehead atoms. The third kappa shape index (κ3) is 5.71. The first-order chi connectivity index (χ1) is 13.9. The second kappa shape index (κ2) is 9.46. The number of hydrogen-bond acceptors (Lipinski definition) is 3. The molecule has 6 nitrogen and oxygen atoms in total. The van der Waals surface area contributed by atoms with Crippen LogP contribution in [0.1, 0.15) is 30.9 Å². The first kappa shape index (κ1) is 23.7. The van der Waals surface area contributed by atoms with Gasteiger partial charge in [-0.15, -0.1) is 0 Å². The summed E-state index contributed by atoms with van der Waals surface area (Å²) in [4.78, 5) is 36.5. The third-order valence-corrected chi connectivity index (χ3v) is 5.03. The summed E-state index contributed by atoms with van der Waals surface area (Å²) in [6.07, 6.45) is -2.74. The highest BCUT2D eigenvalue weighted by Crippen LogP contribution is 2.36. The van der Waals surface area contributed by atoms with Crippen molar-refractivity contribution in [3.63, 3.8) is 0 Å². The van der Waals surface area contributed by atoms with Crippen molar-refractivity contribution in [1.29, 1.82) is 0 Å². The Kier molecular flexibility index (Phi) is 7.46. The number of amides is 2. The topological polar surface area (TPSA) is 86.7 Å². The van der Waals surface area contributed by atoms with Crippen LogP contribution in [-0.2, 0) is 20.6 Å². The van der Waals surface area contributed by atoms with Crippen molar-refractivity contribution in [2.75, 3.05) is 13.1 Å². The molecular formula is C19H19ClF4N2O4. The summed E-state index contributed by atoms with van der Waals surface area (Å²) in [5.41, 5.74) is -2.09. The molecule has 2 rings (SSSR count). The highest BCUT2D eigenvalue weighted by Gasteiger charge is 2.35. The molecule has 11 heteroatoms. The summed E-state index contributed by atoms with van der Waals surface area (Å²) < 4.78 is 53.3. The lowest BCUT2D eigenvalue weighted by Crippen LogP contribution is -2.46. The molecule has 1 atom stereocenters. The molecule has 0 radical (unpaired) electrons. The fourth-order valence-electron chi connectivity index (χ4n) is 2.99. The van der Waals surface area contributed by atoms with Crippen molar-refractivity contribution in [3.8, 4) is 0 Å². The van der Waals surface area contributed by atoms with Gasteiger partial charge in [-0.3, -0.25) is 14.4 Å². The molecule has 1 fully saturated rings. The zero-order valence-electron chi connectivity index (χ0n) is 15.8. The zero-order chi connectivity index (χ0) is 22.6. The molecule has 1 aromatic rings. The predicted octanol–water partition coefficient (Wildman–Crippen LogP) is 3.34. The molecule has 1 aliphatic rings. The number of aliphatic carboxylic acids is 1. The molecule has 1 heterocycles. The Hall–Kier alpha value is -2.62. The minimum Gasteiger partial charge on any atom is -0.480 e. The van der Waals surface area contributed by atoms with Crippen LogP contribution in [-0.4, -0.2) is 46.9 Å². The molecule has 1 unspecified atom stereocenters. The number of hydrogen-bond donors (Lipinski definition) is 2. The van der Waals surface area contributed by atoms with Gasteiger partial charge in [0.05, 0.1) is 10.6 Å². The van der Waals surface area contributed by atoms with Crippen molar-refractivity contribution < 1.29 is 37.1 Å². The minimum absolute atomic E-state index is 0.146. The van der Waals surface area contributed by atoms with E-state index in [1.807, 2.05) is 0 Å². The van der Waals surface area contributed by atoms with E-state index < -0.39 is 57.9 Å². The van der Waals surface area contributed by atoms with E-state index in [9.17, 15) is 31.9 Å². The van der Waals surface area contributed by atoms with E-state index in [1.165, 1.54) is 11.8 Å². The van der Waals surface area contributed by atoms with Crippen molar-refractivity contribution in [2.24, 2.45) is 5.92 Å². The van der Waals surface area contributed by atoms with E-state index in [1.54, 1.807) is 0 Å². The number of likely N-dealkylation sites (tertiary alicyclic amines) is 1. The maximum absolute atomic E-state index is 14.1. The summed E-state index contributed by atoms with van der Waals surface area (Å²) in [6.45, 7) is 1.62. The fraction of sp³-hybridized carbons (Fsp3) is 0.421. The average molecular weight is 451 g/mol. The molecule has 0 aromatic heterocycles. The first-order valence-corrected chi connectivity index (χ1v) is 9.35. The van der Waals surface area contributed by atoms with Crippen molar-refractivity contribution in [3.05, 3.63) is 40.2 Å². The largest absolute Gasteiger partial charge is 0.480 e. The monoisotopic (exact) mass is 450 g/mol. The van der Waals surface area contributed by atoms with Crippen molar-refractivity contribution in [2.45, 2.75) is 32.0 Å².